The Kier molecular flexibility index (Phi) is 4.81. The summed E-state index contributed by atoms with van der Waals surface area (Å²) in [6.45, 7) is 0. The number of nitrogens with zero attached hydrogens (tertiary/aromatic N) is 1. The van der Waals surface area contributed by atoms with E-state index in [0.29, 0.717) is 34.8 Å². The first kappa shape index (κ1) is 14.9. The number of nitriles is 1. The van der Waals surface area contributed by atoms with E-state index in [1.54, 1.807) is 24.3 Å². The summed E-state index contributed by atoms with van der Waals surface area (Å²) in [5.41, 5.74) is 8.27. The van der Waals surface area contributed by atoms with Crippen LogP contribution in [0.3, 0.4) is 0 Å². The summed E-state index contributed by atoms with van der Waals surface area (Å²) < 4.78 is 0. The van der Waals surface area contributed by atoms with Gasteiger partial charge in [-0.05, 0) is 42.3 Å². The number of nitrogens with one attached hydrogen (secondary N) is 1. The summed E-state index contributed by atoms with van der Waals surface area (Å²) in [7, 11) is 0. The quantitative estimate of drug-likeness (QED) is 0.850. The Morgan fingerprint density at radius 3 is 2.81 bits per heavy atom. The Bertz CT molecular complexity index is 707. The van der Waals surface area contributed by atoms with Crippen molar-refractivity contribution in [3.63, 3.8) is 0 Å². The maximum atomic E-state index is 11.9. The van der Waals surface area contributed by atoms with Gasteiger partial charge < -0.3 is 11.1 Å². The molecule has 2 rings (SSSR count). The van der Waals surface area contributed by atoms with E-state index in [2.05, 4.69) is 5.32 Å². The van der Waals surface area contributed by atoms with Gasteiger partial charge in [0.25, 0.3) is 0 Å². The van der Waals surface area contributed by atoms with Crippen molar-refractivity contribution in [2.75, 3.05) is 11.1 Å². The van der Waals surface area contributed by atoms with Crippen LogP contribution in [0.15, 0.2) is 42.5 Å². The number of rotatable bonds is 4. The lowest BCUT2D eigenvalue weighted by Gasteiger charge is -2.08. The Hall–Kier alpha value is -2.51. The Morgan fingerprint density at radius 2 is 2.10 bits per heavy atom. The molecule has 0 aliphatic carbocycles. The van der Waals surface area contributed by atoms with E-state index in [1.165, 1.54) is 0 Å². The second-order valence-electron chi connectivity index (χ2n) is 4.60. The molecule has 4 nitrogen and oxygen atoms in total. The lowest BCUT2D eigenvalue weighted by molar-refractivity contribution is -0.116. The average Bonchev–Trinajstić information content (AvgIpc) is 2.47. The van der Waals surface area contributed by atoms with Crippen molar-refractivity contribution in [1.29, 1.82) is 5.26 Å². The van der Waals surface area contributed by atoms with Gasteiger partial charge >= 0.3 is 0 Å². The first-order valence-corrected chi connectivity index (χ1v) is 6.80. The van der Waals surface area contributed by atoms with Gasteiger partial charge in [-0.3, -0.25) is 4.79 Å². The molecule has 0 bridgehead atoms. The van der Waals surface area contributed by atoms with Crippen molar-refractivity contribution in [1.82, 2.24) is 0 Å². The lowest BCUT2D eigenvalue weighted by atomic mass is 10.1. The molecular formula is C16H14ClN3O. The predicted octanol–water partition coefficient (Wildman–Crippen LogP) is 3.37. The highest BCUT2D eigenvalue weighted by molar-refractivity contribution is 6.33. The van der Waals surface area contributed by atoms with Crippen LogP contribution >= 0.6 is 11.6 Å². The fourth-order valence-corrected chi connectivity index (χ4v) is 2.07. The highest BCUT2D eigenvalue weighted by Crippen LogP contribution is 2.23. The van der Waals surface area contributed by atoms with Gasteiger partial charge in [-0.1, -0.05) is 23.7 Å². The van der Waals surface area contributed by atoms with Gasteiger partial charge in [0.2, 0.25) is 5.91 Å². The average molecular weight is 300 g/mol. The molecule has 21 heavy (non-hydrogen) atoms. The van der Waals surface area contributed by atoms with E-state index in [-0.39, 0.29) is 5.91 Å². The van der Waals surface area contributed by atoms with Crippen LogP contribution in [-0.2, 0) is 11.2 Å². The van der Waals surface area contributed by atoms with Gasteiger partial charge in [-0.15, -0.1) is 0 Å². The van der Waals surface area contributed by atoms with Crippen molar-refractivity contribution < 1.29 is 4.79 Å². The minimum Gasteiger partial charge on any atom is -0.399 e. The van der Waals surface area contributed by atoms with E-state index < -0.39 is 0 Å². The van der Waals surface area contributed by atoms with Gasteiger partial charge in [0, 0.05) is 12.1 Å². The number of amides is 1. The van der Waals surface area contributed by atoms with Gasteiger partial charge in [0.05, 0.1) is 22.3 Å². The molecule has 0 aliphatic rings. The first-order valence-electron chi connectivity index (χ1n) is 6.42. The SMILES string of the molecule is N#Cc1ccc(Cl)c(NC(=O)CCc2cccc(N)c2)c1. The molecule has 0 aliphatic heterocycles. The molecule has 3 N–H and O–H groups in total. The van der Waals surface area contributed by atoms with Gasteiger partial charge in [0.1, 0.15) is 0 Å². The molecule has 0 unspecified atom stereocenters. The summed E-state index contributed by atoms with van der Waals surface area (Å²) in [6, 6.07) is 14.2. The number of aryl methyl sites for hydroxylation is 1. The van der Waals surface area contributed by atoms with Crippen LogP contribution in [0, 0.1) is 11.3 Å². The number of nitrogen functional groups attached to an aromatic ring is 1. The van der Waals surface area contributed by atoms with E-state index in [0.717, 1.165) is 5.56 Å². The predicted molar refractivity (Wildman–Crippen MR) is 84.0 cm³/mol. The fraction of sp³-hybridized carbons (Fsp3) is 0.125. The van der Waals surface area contributed by atoms with Crippen LogP contribution in [0.1, 0.15) is 17.5 Å². The largest absolute Gasteiger partial charge is 0.399 e. The molecule has 0 radical (unpaired) electrons. The number of halogens is 1. The molecule has 0 aromatic heterocycles. The maximum absolute atomic E-state index is 11.9. The number of anilines is 2. The number of benzene rings is 2. The van der Waals surface area contributed by atoms with Crippen LogP contribution in [0.4, 0.5) is 11.4 Å². The number of nitrogens with two attached hydrogens (primary N) is 1. The monoisotopic (exact) mass is 299 g/mol. The topological polar surface area (TPSA) is 78.9 Å². The third-order valence-corrected chi connectivity index (χ3v) is 3.29. The molecular weight excluding hydrogens is 286 g/mol. The smallest absolute Gasteiger partial charge is 0.224 e. The summed E-state index contributed by atoms with van der Waals surface area (Å²) in [6.07, 6.45) is 0.906. The van der Waals surface area contributed by atoms with Crippen molar-refractivity contribution >= 4 is 28.9 Å². The third-order valence-electron chi connectivity index (χ3n) is 2.96. The van der Waals surface area contributed by atoms with Crippen LogP contribution < -0.4 is 11.1 Å². The standard InChI is InChI=1S/C16H14ClN3O/c17-14-6-4-12(10-18)9-15(14)20-16(21)7-5-11-2-1-3-13(19)8-11/h1-4,6,8-9H,5,7,19H2,(H,20,21). The highest BCUT2D eigenvalue weighted by atomic mass is 35.5. The maximum Gasteiger partial charge on any atom is 0.224 e. The fourth-order valence-electron chi connectivity index (χ4n) is 1.91. The molecule has 1 amide bonds. The highest BCUT2D eigenvalue weighted by Gasteiger charge is 2.07. The molecule has 0 fully saturated rings. The molecule has 0 atom stereocenters. The second-order valence-corrected chi connectivity index (χ2v) is 5.01. The van der Waals surface area contributed by atoms with Crippen LogP contribution in [0.2, 0.25) is 5.02 Å². The molecule has 0 spiro atoms. The molecule has 2 aromatic carbocycles. The zero-order valence-corrected chi connectivity index (χ0v) is 12.0. The lowest BCUT2D eigenvalue weighted by Crippen LogP contribution is -2.12. The molecule has 0 saturated carbocycles. The normalized spacial score (nSPS) is 9.90. The van der Waals surface area contributed by atoms with E-state index in [4.69, 9.17) is 22.6 Å². The summed E-state index contributed by atoms with van der Waals surface area (Å²) >= 11 is 5.99. The molecule has 0 heterocycles. The van der Waals surface area contributed by atoms with Crippen molar-refractivity contribution in [3.05, 3.63) is 58.6 Å². The molecule has 2 aromatic rings. The summed E-state index contributed by atoms with van der Waals surface area (Å²) in [5.74, 6) is -0.158. The first-order chi connectivity index (χ1) is 10.1. The summed E-state index contributed by atoms with van der Waals surface area (Å²) in [5, 5.41) is 12.0. The minimum absolute atomic E-state index is 0.158. The Balaban J connectivity index is 1.98. The van der Waals surface area contributed by atoms with Gasteiger partial charge in [-0.2, -0.15) is 5.26 Å². The zero-order chi connectivity index (χ0) is 15.2. The van der Waals surface area contributed by atoms with E-state index in [9.17, 15) is 4.79 Å². The number of hydrogen-bond donors (Lipinski definition) is 2. The van der Waals surface area contributed by atoms with Crippen LogP contribution in [-0.4, -0.2) is 5.91 Å². The molecule has 5 heteroatoms. The minimum atomic E-state index is -0.158. The van der Waals surface area contributed by atoms with Gasteiger partial charge in [0.15, 0.2) is 0 Å². The number of carbonyl (C=O) groups excluding carboxylic acids is 1. The van der Waals surface area contributed by atoms with Crippen LogP contribution in [0.25, 0.3) is 0 Å². The van der Waals surface area contributed by atoms with E-state index in [1.807, 2.05) is 24.3 Å². The van der Waals surface area contributed by atoms with Gasteiger partial charge in [-0.25, -0.2) is 0 Å². The van der Waals surface area contributed by atoms with Crippen LogP contribution in [0.5, 0.6) is 0 Å². The molecule has 106 valence electrons. The second kappa shape index (κ2) is 6.78. The number of carbonyl (C=O) groups is 1. The van der Waals surface area contributed by atoms with Crippen molar-refractivity contribution in [2.24, 2.45) is 0 Å². The van der Waals surface area contributed by atoms with E-state index >= 15 is 0 Å². The molecule has 0 saturated heterocycles. The zero-order valence-electron chi connectivity index (χ0n) is 11.3. The Labute approximate surface area is 128 Å². The van der Waals surface area contributed by atoms with Crippen molar-refractivity contribution in [3.8, 4) is 6.07 Å². The number of hydrogen-bond acceptors (Lipinski definition) is 3. The third kappa shape index (κ3) is 4.23. The summed E-state index contributed by atoms with van der Waals surface area (Å²) in [4.78, 5) is 11.9. The Morgan fingerprint density at radius 1 is 1.29 bits per heavy atom. The van der Waals surface area contributed by atoms with Crippen molar-refractivity contribution in [2.45, 2.75) is 12.8 Å².